The largest absolute Gasteiger partial charge is 0.319 e. The van der Waals surface area contributed by atoms with Gasteiger partial charge in [-0.2, -0.15) is 0 Å². The molecule has 1 amide bonds. The van der Waals surface area contributed by atoms with Crippen molar-refractivity contribution in [3.05, 3.63) is 62.8 Å². The van der Waals surface area contributed by atoms with E-state index in [2.05, 4.69) is 21.2 Å². The van der Waals surface area contributed by atoms with Gasteiger partial charge in [-0.3, -0.25) is 4.79 Å². The second-order valence-electron chi connectivity index (χ2n) is 4.10. The average molecular weight is 343 g/mol. The Hall–Kier alpha value is -1.39. The summed E-state index contributed by atoms with van der Waals surface area (Å²) in [6.07, 6.45) is 0. The van der Waals surface area contributed by atoms with Crippen molar-refractivity contribution < 1.29 is 9.18 Å². The fourth-order valence-corrected chi connectivity index (χ4v) is 2.44. The van der Waals surface area contributed by atoms with Gasteiger partial charge in [0.1, 0.15) is 5.82 Å². The van der Waals surface area contributed by atoms with Gasteiger partial charge in [-0.1, -0.05) is 27.5 Å². The van der Waals surface area contributed by atoms with E-state index in [-0.39, 0.29) is 11.6 Å². The molecule has 0 atom stereocenters. The van der Waals surface area contributed by atoms with Crippen LogP contribution < -0.4 is 5.32 Å². The van der Waals surface area contributed by atoms with Crippen LogP contribution in [-0.4, -0.2) is 5.91 Å². The maximum atomic E-state index is 13.5. The van der Waals surface area contributed by atoms with Crippen molar-refractivity contribution in [2.75, 3.05) is 5.32 Å². The monoisotopic (exact) mass is 341 g/mol. The summed E-state index contributed by atoms with van der Waals surface area (Å²) in [4.78, 5) is 12.0. The first kappa shape index (κ1) is 14.0. The van der Waals surface area contributed by atoms with Gasteiger partial charge >= 0.3 is 0 Å². The first-order valence-electron chi connectivity index (χ1n) is 5.49. The van der Waals surface area contributed by atoms with E-state index >= 15 is 0 Å². The lowest BCUT2D eigenvalue weighted by Crippen LogP contribution is -2.13. The molecule has 0 fully saturated rings. The van der Waals surface area contributed by atoms with Crippen molar-refractivity contribution in [2.45, 2.75) is 6.92 Å². The van der Waals surface area contributed by atoms with E-state index in [1.807, 2.05) is 13.0 Å². The molecule has 2 aromatic carbocycles. The van der Waals surface area contributed by atoms with Crippen molar-refractivity contribution in [3.8, 4) is 0 Å². The van der Waals surface area contributed by atoms with Crippen LogP contribution in [0.25, 0.3) is 0 Å². The van der Waals surface area contributed by atoms with E-state index in [0.29, 0.717) is 10.6 Å². The highest BCUT2D eigenvalue weighted by Crippen LogP contribution is 2.21. The van der Waals surface area contributed by atoms with E-state index in [0.717, 1.165) is 10.0 Å². The lowest BCUT2D eigenvalue weighted by molar-refractivity contribution is 0.102. The number of carbonyl (C=O) groups is 1. The van der Waals surface area contributed by atoms with Crippen LogP contribution in [0.5, 0.6) is 0 Å². The van der Waals surface area contributed by atoms with Crippen LogP contribution in [0.2, 0.25) is 5.02 Å². The van der Waals surface area contributed by atoms with Gasteiger partial charge in [-0.25, -0.2) is 4.39 Å². The van der Waals surface area contributed by atoms with Crippen molar-refractivity contribution in [1.82, 2.24) is 0 Å². The van der Waals surface area contributed by atoms with E-state index in [1.165, 1.54) is 18.2 Å². The molecule has 1 N–H and O–H groups in total. The topological polar surface area (TPSA) is 29.1 Å². The van der Waals surface area contributed by atoms with Crippen molar-refractivity contribution in [3.63, 3.8) is 0 Å². The molecule has 19 heavy (non-hydrogen) atoms. The number of hydrogen-bond donors (Lipinski definition) is 1. The number of hydrogen-bond acceptors (Lipinski definition) is 1. The Bertz CT molecular complexity index is 625. The molecule has 0 heterocycles. The third-order valence-electron chi connectivity index (χ3n) is 2.48. The Morgan fingerprint density at radius 3 is 2.68 bits per heavy atom. The van der Waals surface area contributed by atoms with Crippen molar-refractivity contribution in [1.29, 1.82) is 0 Å². The highest BCUT2D eigenvalue weighted by atomic mass is 79.9. The normalized spacial score (nSPS) is 10.3. The molecule has 0 radical (unpaired) electrons. The summed E-state index contributed by atoms with van der Waals surface area (Å²) >= 11 is 9.09. The maximum Gasteiger partial charge on any atom is 0.255 e. The van der Waals surface area contributed by atoms with Gasteiger partial charge in [0.25, 0.3) is 5.91 Å². The number of benzene rings is 2. The zero-order valence-corrected chi connectivity index (χ0v) is 12.3. The predicted octanol–water partition coefficient (Wildman–Crippen LogP) is 4.80. The zero-order chi connectivity index (χ0) is 14.0. The van der Waals surface area contributed by atoms with E-state index < -0.39 is 5.82 Å². The van der Waals surface area contributed by atoms with Crippen molar-refractivity contribution in [2.24, 2.45) is 0 Å². The predicted molar refractivity (Wildman–Crippen MR) is 78.2 cm³/mol. The smallest absolute Gasteiger partial charge is 0.255 e. The van der Waals surface area contributed by atoms with E-state index in [4.69, 9.17) is 11.6 Å². The van der Waals surface area contributed by atoms with Crippen LogP contribution in [0, 0.1) is 12.7 Å². The molecule has 0 aliphatic heterocycles. The summed E-state index contributed by atoms with van der Waals surface area (Å²) in [6, 6.07) is 9.30. The number of nitrogens with one attached hydrogen (secondary N) is 1. The molecule has 2 rings (SSSR count). The molecule has 0 aromatic heterocycles. The molecular weight excluding hydrogens is 333 g/mol. The quantitative estimate of drug-likeness (QED) is 0.834. The lowest BCUT2D eigenvalue weighted by Gasteiger charge is -2.08. The van der Waals surface area contributed by atoms with Gasteiger partial charge in [-0.05, 0) is 48.9 Å². The Labute approximate surface area is 123 Å². The maximum absolute atomic E-state index is 13.5. The molecule has 0 aliphatic carbocycles. The first-order valence-corrected chi connectivity index (χ1v) is 6.66. The van der Waals surface area contributed by atoms with Crippen LogP contribution in [0.1, 0.15) is 15.9 Å². The average Bonchev–Trinajstić information content (AvgIpc) is 2.32. The molecule has 98 valence electrons. The van der Waals surface area contributed by atoms with E-state index in [9.17, 15) is 9.18 Å². The van der Waals surface area contributed by atoms with Crippen LogP contribution in [0.15, 0.2) is 40.9 Å². The lowest BCUT2D eigenvalue weighted by atomic mass is 10.1. The molecule has 0 unspecified atom stereocenters. The molecule has 2 aromatic rings. The SMILES string of the molecule is Cc1cc(Br)cc(C(=O)Nc2cc(Cl)ccc2F)c1. The van der Waals surface area contributed by atoms with Crippen molar-refractivity contribution >= 4 is 39.1 Å². The summed E-state index contributed by atoms with van der Waals surface area (Å²) in [5, 5.41) is 2.87. The van der Waals surface area contributed by atoms with Gasteiger partial charge in [0.2, 0.25) is 0 Å². The van der Waals surface area contributed by atoms with E-state index in [1.54, 1.807) is 12.1 Å². The van der Waals surface area contributed by atoms with Crippen LogP contribution in [-0.2, 0) is 0 Å². The van der Waals surface area contributed by atoms with Gasteiger partial charge in [0.15, 0.2) is 0 Å². The Morgan fingerprint density at radius 1 is 1.26 bits per heavy atom. The highest BCUT2D eigenvalue weighted by molar-refractivity contribution is 9.10. The van der Waals surface area contributed by atoms with Gasteiger partial charge in [0, 0.05) is 15.1 Å². The molecule has 0 spiro atoms. The molecule has 0 bridgehead atoms. The van der Waals surface area contributed by atoms with Crippen LogP contribution in [0.3, 0.4) is 0 Å². The number of anilines is 1. The minimum Gasteiger partial charge on any atom is -0.319 e. The molecule has 0 saturated carbocycles. The Balaban J connectivity index is 2.28. The molecule has 5 heteroatoms. The first-order chi connectivity index (χ1) is 8.95. The fraction of sp³-hybridized carbons (Fsp3) is 0.0714. The Morgan fingerprint density at radius 2 is 2.00 bits per heavy atom. The number of amides is 1. The number of rotatable bonds is 2. The zero-order valence-electron chi connectivity index (χ0n) is 10.0. The third kappa shape index (κ3) is 3.55. The molecule has 2 nitrogen and oxygen atoms in total. The summed E-state index contributed by atoms with van der Waals surface area (Å²) in [7, 11) is 0. The standard InChI is InChI=1S/C14H10BrClFNO/c1-8-4-9(6-10(15)5-8)14(19)18-13-7-11(16)2-3-12(13)17/h2-7H,1H3,(H,18,19). The van der Waals surface area contributed by atoms with Crippen LogP contribution >= 0.6 is 27.5 Å². The van der Waals surface area contributed by atoms with Gasteiger partial charge < -0.3 is 5.32 Å². The number of halogens is 3. The number of aryl methyl sites for hydroxylation is 1. The molecular formula is C14H10BrClFNO. The summed E-state index contributed by atoms with van der Waals surface area (Å²) < 4.78 is 14.3. The summed E-state index contributed by atoms with van der Waals surface area (Å²) in [5.74, 6) is -0.907. The number of carbonyl (C=O) groups excluding carboxylic acids is 1. The second kappa shape index (κ2) is 5.72. The Kier molecular flexibility index (Phi) is 4.22. The summed E-state index contributed by atoms with van der Waals surface area (Å²) in [5.41, 5.74) is 1.45. The summed E-state index contributed by atoms with van der Waals surface area (Å²) in [6.45, 7) is 1.88. The molecule has 0 aliphatic rings. The van der Waals surface area contributed by atoms with Gasteiger partial charge in [-0.15, -0.1) is 0 Å². The minimum absolute atomic E-state index is 0.0649. The van der Waals surface area contributed by atoms with Gasteiger partial charge in [0.05, 0.1) is 5.69 Å². The third-order valence-corrected chi connectivity index (χ3v) is 3.17. The highest BCUT2D eigenvalue weighted by Gasteiger charge is 2.10. The molecule has 0 saturated heterocycles. The van der Waals surface area contributed by atoms with Crippen LogP contribution in [0.4, 0.5) is 10.1 Å². The minimum atomic E-state index is -0.524. The fourth-order valence-electron chi connectivity index (χ4n) is 1.66. The second-order valence-corrected chi connectivity index (χ2v) is 5.45.